The van der Waals surface area contributed by atoms with Crippen LogP contribution in [0.5, 0.6) is 0 Å². The first kappa shape index (κ1) is 15.7. The number of amides is 3. The smallest absolute Gasteiger partial charge is 0.325 e. The Balaban J connectivity index is 1.53. The molecule has 2 heterocycles. The van der Waals surface area contributed by atoms with Gasteiger partial charge in [0.15, 0.2) is 0 Å². The van der Waals surface area contributed by atoms with E-state index in [0.29, 0.717) is 12.5 Å². The van der Waals surface area contributed by atoms with E-state index >= 15 is 0 Å². The largest absolute Gasteiger partial charge is 0.380 e. The summed E-state index contributed by atoms with van der Waals surface area (Å²) in [5.41, 5.74) is -0.770. The molecule has 6 heteroatoms. The van der Waals surface area contributed by atoms with Crippen LogP contribution >= 0.6 is 0 Å². The predicted molar refractivity (Wildman–Crippen MR) is 82.4 cm³/mol. The SMILES string of the molecule is CC1(C)NC(=O)N(CCN2CCOCC(C3CCC3)C2)C1=O. The van der Waals surface area contributed by atoms with Gasteiger partial charge in [0.25, 0.3) is 5.91 Å². The minimum Gasteiger partial charge on any atom is -0.380 e. The maximum atomic E-state index is 12.2. The topological polar surface area (TPSA) is 61.9 Å². The first-order chi connectivity index (χ1) is 10.5. The number of rotatable bonds is 4. The van der Waals surface area contributed by atoms with Crippen molar-refractivity contribution >= 4 is 11.9 Å². The summed E-state index contributed by atoms with van der Waals surface area (Å²) in [6.45, 7) is 8.22. The maximum absolute atomic E-state index is 12.2. The summed E-state index contributed by atoms with van der Waals surface area (Å²) < 4.78 is 5.74. The van der Waals surface area contributed by atoms with Crippen molar-refractivity contribution in [3.8, 4) is 0 Å². The highest BCUT2D eigenvalue weighted by molar-refractivity contribution is 6.06. The highest BCUT2D eigenvalue weighted by Crippen LogP contribution is 2.34. The van der Waals surface area contributed by atoms with E-state index in [9.17, 15) is 9.59 Å². The molecule has 1 aliphatic carbocycles. The molecule has 0 bridgehead atoms. The number of nitrogens with one attached hydrogen (secondary N) is 1. The average Bonchev–Trinajstić information content (AvgIpc) is 2.57. The van der Waals surface area contributed by atoms with Crippen LogP contribution in [0.25, 0.3) is 0 Å². The van der Waals surface area contributed by atoms with Crippen LogP contribution in [0.1, 0.15) is 33.1 Å². The molecular formula is C16H27N3O3. The van der Waals surface area contributed by atoms with Crippen LogP contribution < -0.4 is 5.32 Å². The van der Waals surface area contributed by atoms with Gasteiger partial charge in [0.05, 0.1) is 13.2 Å². The molecule has 0 aromatic rings. The molecule has 2 saturated heterocycles. The molecule has 2 aliphatic heterocycles. The Morgan fingerprint density at radius 2 is 2.00 bits per heavy atom. The minimum absolute atomic E-state index is 0.126. The van der Waals surface area contributed by atoms with E-state index in [4.69, 9.17) is 4.74 Å². The molecule has 1 N–H and O–H groups in total. The Morgan fingerprint density at radius 3 is 2.59 bits per heavy atom. The summed E-state index contributed by atoms with van der Waals surface area (Å²) in [6.07, 6.45) is 3.99. The number of ether oxygens (including phenoxy) is 1. The summed E-state index contributed by atoms with van der Waals surface area (Å²) in [6, 6.07) is -0.267. The zero-order chi connectivity index (χ0) is 15.7. The molecule has 0 aromatic heterocycles. The number of nitrogens with zero attached hydrogens (tertiary/aromatic N) is 2. The fourth-order valence-corrected chi connectivity index (χ4v) is 3.57. The van der Waals surface area contributed by atoms with E-state index in [1.54, 1.807) is 13.8 Å². The van der Waals surface area contributed by atoms with Gasteiger partial charge in [-0.15, -0.1) is 0 Å². The molecule has 0 aromatic carbocycles. The molecule has 1 unspecified atom stereocenters. The second-order valence-corrected chi connectivity index (χ2v) is 7.34. The molecule has 3 rings (SSSR count). The molecule has 3 amide bonds. The van der Waals surface area contributed by atoms with Crippen molar-refractivity contribution in [2.45, 2.75) is 38.6 Å². The van der Waals surface area contributed by atoms with Crippen molar-refractivity contribution in [3.63, 3.8) is 0 Å². The van der Waals surface area contributed by atoms with Gasteiger partial charge < -0.3 is 10.1 Å². The summed E-state index contributed by atoms with van der Waals surface area (Å²) in [5.74, 6) is 1.28. The first-order valence-electron chi connectivity index (χ1n) is 8.41. The lowest BCUT2D eigenvalue weighted by atomic mass is 9.76. The van der Waals surface area contributed by atoms with Crippen LogP contribution in [0.2, 0.25) is 0 Å². The molecule has 1 saturated carbocycles. The third-order valence-corrected chi connectivity index (χ3v) is 5.28. The Hall–Kier alpha value is -1.14. The van der Waals surface area contributed by atoms with Crippen molar-refractivity contribution < 1.29 is 14.3 Å². The summed E-state index contributed by atoms with van der Waals surface area (Å²) in [7, 11) is 0. The lowest BCUT2D eigenvalue weighted by molar-refractivity contribution is -0.130. The third kappa shape index (κ3) is 3.13. The fourth-order valence-electron chi connectivity index (χ4n) is 3.57. The summed E-state index contributed by atoms with van der Waals surface area (Å²) in [4.78, 5) is 27.8. The van der Waals surface area contributed by atoms with E-state index in [0.717, 1.165) is 38.8 Å². The van der Waals surface area contributed by atoms with Crippen LogP contribution in [-0.2, 0) is 9.53 Å². The van der Waals surface area contributed by atoms with E-state index in [-0.39, 0.29) is 11.9 Å². The van der Waals surface area contributed by atoms with E-state index in [1.807, 2.05) is 0 Å². The van der Waals surface area contributed by atoms with Crippen LogP contribution in [0.4, 0.5) is 4.79 Å². The number of carbonyl (C=O) groups excluding carboxylic acids is 2. The van der Waals surface area contributed by atoms with Crippen LogP contribution in [0.3, 0.4) is 0 Å². The Kier molecular flexibility index (Phi) is 4.41. The van der Waals surface area contributed by atoms with Crippen molar-refractivity contribution in [3.05, 3.63) is 0 Å². The fraction of sp³-hybridized carbons (Fsp3) is 0.875. The lowest BCUT2D eigenvalue weighted by Gasteiger charge is -2.35. The van der Waals surface area contributed by atoms with Gasteiger partial charge in [-0.25, -0.2) is 4.79 Å². The van der Waals surface area contributed by atoms with Gasteiger partial charge in [-0.05, 0) is 25.7 Å². The van der Waals surface area contributed by atoms with E-state index in [1.165, 1.54) is 24.2 Å². The Labute approximate surface area is 132 Å². The third-order valence-electron chi connectivity index (χ3n) is 5.28. The van der Waals surface area contributed by atoms with Gasteiger partial charge >= 0.3 is 6.03 Å². The molecule has 0 radical (unpaired) electrons. The van der Waals surface area contributed by atoms with Crippen LogP contribution in [-0.4, -0.2) is 66.7 Å². The maximum Gasteiger partial charge on any atom is 0.325 e. The van der Waals surface area contributed by atoms with Gasteiger partial charge in [0.1, 0.15) is 5.54 Å². The van der Waals surface area contributed by atoms with Crippen molar-refractivity contribution in [1.82, 2.24) is 15.1 Å². The van der Waals surface area contributed by atoms with Gasteiger partial charge in [0, 0.05) is 26.2 Å². The molecule has 22 heavy (non-hydrogen) atoms. The highest BCUT2D eigenvalue weighted by atomic mass is 16.5. The van der Waals surface area contributed by atoms with Gasteiger partial charge in [-0.1, -0.05) is 19.3 Å². The van der Waals surface area contributed by atoms with E-state index in [2.05, 4.69) is 10.2 Å². The van der Waals surface area contributed by atoms with Gasteiger partial charge in [-0.3, -0.25) is 14.6 Å². The summed E-state index contributed by atoms with van der Waals surface area (Å²) in [5, 5.41) is 2.73. The van der Waals surface area contributed by atoms with Crippen LogP contribution in [0, 0.1) is 11.8 Å². The Morgan fingerprint density at radius 1 is 1.23 bits per heavy atom. The number of urea groups is 1. The van der Waals surface area contributed by atoms with Crippen molar-refractivity contribution in [2.75, 3.05) is 39.4 Å². The lowest BCUT2D eigenvalue weighted by Crippen LogP contribution is -2.43. The molecule has 0 spiro atoms. The second-order valence-electron chi connectivity index (χ2n) is 7.34. The van der Waals surface area contributed by atoms with Gasteiger partial charge in [-0.2, -0.15) is 0 Å². The monoisotopic (exact) mass is 309 g/mol. The van der Waals surface area contributed by atoms with Gasteiger partial charge in [0.2, 0.25) is 0 Å². The second kappa shape index (κ2) is 6.16. The first-order valence-corrected chi connectivity index (χ1v) is 8.41. The zero-order valence-electron chi connectivity index (χ0n) is 13.6. The molecule has 3 fully saturated rings. The molecule has 124 valence electrons. The predicted octanol–water partition coefficient (Wildman–Crippen LogP) is 1.07. The number of carbonyl (C=O) groups is 2. The standard InChI is InChI=1S/C16H27N3O3/c1-16(2)14(20)19(15(21)17-16)7-6-18-8-9-22-11-13(10-18)12-4-3-5-12/h12-13H,3-11H2,1-2H3,(H,17,21). The van der Waals surface area contributed by atoms with Crippen molar-refractivity contribution in [1.29, 1.82) is 0 Å². The van der Waals surface area contributed by atoms with Crippen LogP contribution in [0.15, 0.2) is 0 Å². The molecule has 6 nitrogen and oxygen atoms in total. The molecule has 3 aliphatic rings. The quantitative estimate of drug-likeness (QED) is 0.789. The zero-order valence-corrected chi connectivity index (χ0v) is 13.6. The van der Waals surface area contributed by atoms with E-state index < -0.39 is 5.54 Å². The normalized spacial score (nSPS) is 30.1. The number of imide groups is 1. The highest BCUT2D eigenvalue weighted by Gasteiger charge is 2.44. The molecular weight excluding hydrogens is 282 g/mol. The number of hydrogen-bond donors (Lipinski definition) is 1. The molecule has 1 atom stereocenters. The number of hydrogen-bond acceptors (Lipinski definition) is 4. The minimum atomic E-state index is -0.770. The summed E-state index contributed by atoms with van der Waals surface area (Å²) >= 11 is 0. The van der Waals surface area contributed by atoms with Crippen molar-refractivity contribution in [2.24, 2.45) is 11.8 Å². The average molecular weight is 309 g/mol. The Bertz CT molecular complexity index is 448.